The number of hydrogen-bond donors (Lipinski definition) is 2. The number of urea groups is 1. The monoisotopic (exact) mass is 311 g/mol. The van der Waals surface area contributed by atoms with E-state index in [0.29, 0.717) is 10.7 Å². The molecule has 0 radical (unpaired) electrons. The molecule has 1 heterocycles. The van der Waals surface area contributed by atoms with Crippen molar-refractivity contribution in [3.63, 3.8) is 0 Å². The molecule has 2 N–H and O–H groups in total. The van der Waals surface area contributed by atoms with Crippen molar-refractivity contribution < 1.29 is 13.2 Å². The lowest BCUT2D eigenvalue weighted by Crippen LogP contribution is -2.34. The number of sulfonamides is 1. The number of nitrogens with one attached hydrogen (secondary N) is 2. The van der Waals surface area contributed by atoms with Gasteiger partial charge in [0.1, 0.15) is 4.90 Å². The summed E-state index contributed by atoms with van der Waals surface area (Å²) < 4.78 is 25.6. The second kappa shape index (κ2) is 5.89. The molecule has 8 heteroatoms. The standard InChI is InChI=1S/C12H10ClN3O3S/c13-9-3-5-10(6-4-9)15-12(17)16-20(18,19)11-2-1-7-14-8-11/h1-8H,(H2,15,16,17). The number of halogens is 1. The van der Waals surface area contributed by atoms with E-state index in [-0.39, 0.29) is 4.90 Å². The third-order valence-corrected chi connectivity index (χ3v) is 3.84. The van der Waals surface area contributed by atoms with E-state index in [1.165, 1.54) is 18.3 Å². The Kier molecular flexibility index (Phi) is 4.21. The van der Waals surface area contributed by atoms with Gasteiger partial charge in [0.2, 0.25) is 0 Å². The second-order valence-corrected chi connectivity index (χ2v) is 5.87. The van der Waals surface area contributed by atoms with Gasteiger partial charge in [-0.2, -0.15) is 0 Å². The summed E-state index contributed by atoms with van der Waals surface area (Å²) in [5, 5.41) is 2.90. The molecule has 1 aromatic heterocycles. The summed E-state index contributed by atoms with van der Waals surface area (Å²) in [6, 6.07) is 8.20. The van der Waals surface area contributed by atoms with Crippen LogP contribution in [-0.4, -0.2) is 19.4 Å². The molecule has 0 aliphatic carbocycles. The van der Waals surface area contributed by atoms with E-state index in [1.54, 1.807) is 24.3 Å². The number of amides is 2. The Morgan fingerprint density at radius 3 is 2.45 bits per heavy atom. The third kappa shape index (κ3) is 3.69. The molecule has 2 aromatic rings. The highest BCUT2D eigenvalue weighted by molar-refractivity contribution is 7.90. The van der Waals surface area contributed by atoms with Gasteiger partial charge in [-0.25, -0.2) is 17.9 Å². The van der Waals surface area contributed by atoms with E-state index >= 15 is 0 Å². The minimum Gasteiger partial charge on any atom is -0.307 e. The lowest BCUT2D eigenvalue weighted by atomic mass is 10.3. The van der Waals surface area contributed by atoms with Crippen LogP contribution < -0.4 is 10.0 Å². The van der Waals surface area contributed by atoms with Crippen LogP contribution in [0.2, 0.25) is 5.02 Å². The number of pyridine rings is 1. The zero-order valence-corrected chi connectivity index (χ0v) is 11.6. The number of anilines is 1. The molecule has 0 aliphatic rings. The van der Waals surface area contributed by atoms with Crippen LogP contribution in [-0.2, 0) is 10.0 Å². The Hall–Kier alpha value is -2.12. The fourth-order valence-electron chi connectivity index (χ4n) is 1.38. The van der Waals surface area contributed by atoms with Gasteiger partial charge in [0, 0.05) is 23.1 Å². The fourth-order valence-corrected chi connectivity index (χ4v) is 2.37. The number of carbonyl (C=O) groups excluding carboxylic acids is 1. The molecule has 0 atom stereocenters. The largest absolute Gasteiger partial charge is 0.333 e. The molecule has 2 amide bonds. The van der Waals surface area contributed by atoms with Crippen LogP contribution in [0.3, 0.4) is 0 Å². The van der Waals surface area contributed by atoms with Crippen LogP contribution in [0.4, 0.5) is 10.5 Å². The molecule has 0 saturated carbocycles. The molecule has 1 aromatic carbocycles. The predicted molar refractivity (Wildman–Crippen MR) is 75.0 cm³/mol. The van der Waals surface area contributed by atoms with Crippen molar-refractivity contribution in [3.8, 4) is 0 Å². The topological polar surface area (TPSA) is 88.2 Å². The van der Waals surface area contributed by atoms with E-state index < -0.39 is 16.1 Å². The first-order chi connectivity index (χ1) is 9.47. The van der Waals surface area contributed by atoms with Crippen molar-refractivity contribution in [3.05, 3.63) is 53.8 Å². The average Bonchev–Trinajstić information content (AvgIpc) is 2.42. The first-order valence-electron chi connectivity index (χ1n) is 5.47. The Morgan fingerprint density at radius 1 is 1.15 bits per heavy atom. The highest BCUT2D eigenvalue weighted by Crippen LogP contribution is 2.13. The van der Waals surface area contributed by atoms with Crippen molar-refractivity contribution >= 4 is 33.3 Å². The minimum absolute atomic E-state index is 0.0914. The summed E-state index contributed by atoms with van der Waals surface area (Å²) in [5.74, 6) is 0. The van der Waals surface area contributed by atoms with Crippen molar-refractivity contribution in [1.29, 1.82) is 0 Å². The van der Waals surface area contributed by atoms with E-state index in [1.807, 2.05) is 4.72 Å². The number of hydrogen-bond acceptors (Lipinski definition) is 4. The molecule has 0 aliphatic heterocycles. The van der Waals surface area contributed by atoms with E-state index in [4.69, 9.17) is 11.6 Å². The summed E-state index contributed by atoms with van der Waals surface area (Å²) >= 11 is 5.70. The van der Waals surface area contributed by atoms with Crippen molar-refractivity contribution in [1.82, 2.24) is 9.71 Å². The number of benzene rings is 1. The van der Waals surface area contributed by atoms with Crippen LogP contribution in [0.15, 0.2) is 53.7 Å². The highest BCUT2D eigenvalue weighted by Gasteiger charge is 2.17. The molecule has 2 rings (SSSR count). The first kappa shape index (κ1) is 14.3. The van der Waals surface area contributed by atoms with Crippen molar-refractivity contribution in [2.24, 2.45) is 0 Å². The first-order valence-corrected chi connectivity index (χ1v) is 7.33. The maximum absolute atomic E-state index is 11.9. The third-order valence-electron chi connectivity index (χ3n) is 2.27. The molecule has 0 spiro atoms. The van der Waals surface area contributed by atoms with Gasteiger partial charge in [0.15, 0.2) is 0 Å². The molecule has 6 nitrogen and oxygen atoms in total. The molecule has 0 fully saturated rings. The lowest BCUT2D eigenvalue weighted by Gasteiger charge is -2.08. The van der Waals surface area contributed by atoms with E-state index in [0.717, 1.165) is 6.20 Å². The Morgan fingerprint density at radius 2 is 1.85 bits per heavy atom. The van der Waals surface area contributed by atoms with Crippen molar-refractivity contribution in [2.75, 3.05) is 5.32 Å². The Balaban J connectivity index is 2.06. The van der Waals surface area contributed by atoms with Crippen LogP contribution in [0.25, 0.3) is 0 Å². The smallest absolute Gasteiger partial charge is 0.307 e. The summed E-state index contributed by atoms with van der Waals surface area (Å²) in [4.78, 5) is 15.2. The quantitative estimate of drug-likeness (QED) is 0.910. The van der Waals surface area contributed by atoms with Crippen LogP contribution in [0, 0.1) is 0 Å². The van der Waals surface area contributed by atoms with E-state index in [9.17, 15) is 13.2 Å². The highest BCUT2D eigenvalue weighted by atomic mass is 35.5. The number of nitrogens with zero attached hydrogens (tertiary/aromatic N) is 1. The Bertz CT molecular complexity index is 702. The SMILES string of the molecule is O=C(Nc1ccc(Cl)cc1)NS(=O)(=O)c1cccnc1. The molecular weight excluding hydrogens is 302 g/mol. The molecular formula is C12H10ClN3O3S. The molecule has 104 valence electrons. The number of aromatic nitrogens is 1. The zero-order valence-electron chi connectivity index (χ0n) is 10.1. The lowest BCUT2D eigenvalue weighted by molar-refractivity contribution is 0.256. The average molecular weight is 312 g/mol. The zero-order chi connectivity index (χ0) is 14.6. The second-order valence-electron chi connectivity index (χ2n) is 3.76. The van der Waals surface area contributed by atoms with Gasteiger partial charge in [-0.3, -0.25) is 4.98 Å². The van der Waals surface area contributed by atoms with Gasteiger partial charge in [0.05, 0.1) is 0 Å². The molecule has 0 unspecified atom stereocenters. The van der Waals surface area contributed by atoms with Gasteiger partial charge in [-0.05, 0) is 36.4 Å². The van der Waals surface area contributed by atoms with Crippen LogP contribution in [0.5, 0.6) is 0 Å². The number of rotatable bonds is 3. The summed E-state index contributed by atoms with van der Waals surface area (Å²) in [5.41, 5.74) is 0.424. The summed E-state index contributed by atoms with van der Waals surface area (Å²) in [6.45, 7) is 0. The predicted octanol–water partition coefficient (Wildman–Crippen LogP) is 2.25. The van der Waals surface area contributed by atoms with Crippen molar-refractivity contribution in [2.45, 2.75) is 4.90 Å². The number of carbonyl (C=O) groups is 1. The maximum atomic E-state index is 11.9. The summed E-state index contributed by atoms with van der Waals surface area (Å²) in [6.07, 6.45) is 2.59. The van der Waals surface area contributed by atoms with Crippen LogP contribution in [0.1, 0.15) is 0 Å². The van der Waals surface area contributed by atoms with Gasteiger partial charge >= 0.3 is 6.03 Å². The normalized spacial score (nSPS) is 10.8. The molecule has 0 saturated heterocycles. The van der Waals surface area contributed by atoms with Crippen LogP contribution >= 0.6 is 11.6 Å². The van der Waals surface area contributed by atoms with Gasteiger partial charge in [0.25, 0.3) is 10.0 Å². The van der Waals surface area contributed by atoms with Gasteiger partial charge in [-0.1, -0.05) is 11.6 Å². The minimum atomic E-state index is -3.94. The maximum Gasteiger partial charge on any atom is 0.333 e. The summed E-state index contributed by atoms with van der Waals surface area (Å²) in [7, 11) is -3.94. The molecule has 20 heavy (non-hydrogen) atoms. The van der Waals surface area contributed by atoms with Gasteiger partial charge < -0.3 is 5.32 Å². The van der Waals surface area contributed by atoms with E-state index in [2.05, 4.69) is 10.3 Å². The Labute approximate surface area is 120 Å². The molecule has 0 bridgehead atoms. The fraction of sp³-hybridized carbons (Fsp3) is 0. The van der Waals surface area contributed by atoms with Gasteiger partial charge in [-0.15, -0.1) is 0 Å².